The van der Waals surface area contributed by atoms with Crippen LogP contribution in [0.1, 0.15) is 11.1 Å². The predicted molar refractivity (Wildman–Crippen MR) is 72.5 cm³/mol. The van der Waals surface area contributed by atoms with Crippen molar-refractivity contribution in [3.63, 3.8) is 0 Å². The minimum absolute atomic E-state index is 0.147. The first kappa shape index (κ1) is 15.8. The molecule has 0 unspecified atom stereocenters. The van der Waals surface area contributed by atoms with E-state index in [1.807, 2.05) is 5.01 Å². The van der Waals surface area contributed by atoms with Gasteiger partial charge in [0.1, 0.15) is 5.75 Å². The summed E-state index contributed by atoms with van der Waals surface area (Å²) in [6.07, 6.45) is -1.27. The molecule has 0 saturated carbocycles. The van der Waals surface area contributed by atoms with E-state index in [1.165, 1.54) is 6.08 Å². The van der Waals surface area contributed by atoms with Crippen molar-refractivity contribution >= 4 is 6.08 Å². The molecule has 2 rings (SSSR count). The van der Waals surface area contributed by atoms with Gasteiger partial charge in [-0.05, 0) is 18.2 Å². The molecular weight excluding hydrogens is 285 g/mol. The summed E-state index contributed by atoms with van der Waals surface area (Å²) in [6.45, 7) is 3.32. The Morgan fingerprint density at radius 3 is 2.67 bits per heavy atom. The Morgan fingerprint density at radius 1 is 1.29 bits per heavy atom. The summed E-state index contributed by atoms with van der Waals surface area (Å²) in [4.78, 5) is 0. The quantitative estimate of drug-likeness (QED) is 0.895. The van der Waals surface area contributed by atoms with Gasteiger partial charge in [0, 0.05) is 25.2 Å². The number of morpholine rings is 1. The molecule has 1 saturated heterocycles. The number of hydrogen-bond donors (Lipinski definition) is 2. The highest BCUT2D eigenvalue weighted by molar-refractivity contribution is 5.58. The Bertz CT molecular complexity index is 497. The second-order valence-electron chi connectivity index (χ2n) is 4.64. The average molecular weight is 302 g/mol. The number of aromatic hydroxyl groups is 1. The summed E-state index contributed by atoms with van der Waals surface area (Å²) in [6, 6.07) is 2.84. The second-order valence-corrected chi connectivity index (χ2v) is 4.64. The molecule has 1 aromatic rings. The lowest BCUT2D eigenvalue weighted by Gasteiger charge is -2.26. The number of alkyl halides is 3. The van der Waals surface area contributed by atoms with Crippen LogP contribution in [-0.4, -0.2) is 43.0 Å². The Labute approximate surface area is 120 Å². The molecule has 1 heterocycles. The number of nitrogens with zero attached hydrogens (tertiary/aromatic N) is 1. The zero-order chi connectivity index (χ0) is 15.3. The largest absolute Gasteiger partial charge is 0.507 e. The molecule has 0 bridgehead atoms. The SMILES string of the molecule is Oc1ccc(C(F)(F)F)cc1C=CCNN1CCOCC1. The van der Waals surface area contributed by atoms with E-state index in [2.05, 4.69) is 5.43 Å². The van der Waals surface area contributed by atoms with Crippen LogP contribution < -0.4 is 5.43 Å². The van der Waals surface area contributed by atoms with Gasteiger partial charge in [0.15, 0.2) is 0 Å². The van der Waals surface area contributed by atoms with Crippen LogP contribution in [0.25, 0.3) is 6.08 Å². The average Bonchev–Trinajstić information content (AvgIpc) is 2.45. The van der Waals surface area contributed by atoms with Gasteiger partial charge in [-0.25, -0.2) is 5.01 Å². The van der Waals surface area contributed by atoms with Crippen LogP contribution in [0.5, 0.6) is 5.75 Å². The summed E-state index contributed by atoms with van der Waals surface area (Å²) < 4.78 is 43.0. The Kier molecular flexibility index (Phi) is 5.22. The third-order valence-corrected chi connectivity index (χ3v) is 3.10. The lowest BCUT2D eigenvalue weighted by Crippen LogP contribution is -2.45. The molecular formula is C14H17F3N2O2. The van der Waals surface area contributed by atoms with Gasteiger partial charge in [0.2, 0.25) is 0 Å². The highest BCUT2D eigenvalue weighted by Gasteiger charge is 2.30. The Morgan fingerprint density at radius 2 is 2.00 bits per heavy atom. The van der Waals surface area contributed by atoms with Gasteiger partial charge < -0.3 is 9.84 Å². The van der Waals surface area contributed by atoms with E-state index >= 15 is 0 Å². The van der Waals surface area contributed by atoms with E-state index in [0.717, 1.165) is 31.3 Å². The first-order chi connectivity index (χ1) is 9.97. The first-order valence-electron chi connectivity index (χ1n) is 6.60. The molecule has 0 radical (unpaired) electrons. The molecule has 0 spiro atoms. The fourth-order valence-electron chi connectivity index (χ4n) is 1.95. The van der Waals surface area contributed by atoms with Gasteiger partial charge in [0.25, 0.3) is 0 Å². The number of nitrogens with one attached hydrogen (secondary N) is 1. The summed E-state index contributed by atoms with van der Waals surface area (Å²) in [5.74, 6) is -0.175. The van der Waals surface area contributed by atoms with E-state index < -0.39 is 11.7 Å². The number of ether oxygens (including phenoxy) is 1. The molecule has 1 aliphatic heterocycles. The molecule has 21 heavy (non-hydrogen) atoms. The normalized spacial score (nSPS) is 17.5. The molecule has 0 atom stereocenters. The monoisotopic (exact) mass is 302 g/mol. The maximum Gasteiger partial charge on any atom is 0.416 e. The van der Waals surface area contributed by atoms with Crippen molar-refractivity contribution in [2.75, 3.05) is 32.8 Å². The van der Waals surface area contributed by atoms with Gasteiger partial charge in [-0.1, -0.05) is 12.2 Å². The number of benzene rings is 1. The summed E-state index contributed by atoms with van der Waals surface area (Å²) in [5, 5.41) is 11.6. The van der Waals surface area contributed by atoms with Crippen molar-refractivity contribution in [1.29, 1.82) is 0 Å². The van der Waals surface area contributed by atoms with Crippen LogP contribution in [0.15, 0.2) is 24.3 Å². The zero-order valence-electron chi connectivity index (χ0n) is 11.4. The summed E-state index contributed by atoms with van der Waals surface area (Å²) >= 11 is 0. The van der Waals surface area contributed by atoms with Crippen molar-refractivity contribution in [2.45, 2.75) is 6.18 Å². The first-order valence-corrected chi connectivity index (χ1v) is 6.60. The van der Waals surface area contributed by atoms with Gasteiger partial charge in [-0.15, -0.1) is 0 Å². The van der Waals surface area contributed by atoms with Gasteiger partial charge in [0.05, 0.1) is 18.8 Å². The molecule has 0 aliphatic carbocycles. The minimum Gasteiger partial charge on any atom is -0.507 e. The molecule has 7 heteroatoms. The smallest absolute Gasteiger partial charge is 0.416 e. The predicted octanol–water partition coefficient (Wildman–Crippen LogP) is 2.26. The number of phenolic OH excluding ortho intramolecular Hbond substituents is 1. The van der Waals surface area contributed by atoms with Crippen molar-refractivity contribution in [1.82, 2.24) is 10.4 Å². The van der Waals surface area contributed by atoms with Crippen molar-refractivity contribution in [3.8, 4) is 5.75 Å². The third-order valence-electron chi connectivity index (χ3n) is 3.10. The molecule has 2 N–H and O–H groups in total. The molecule has 0 amide bonds. The van der Waals surface area contributed by atoms with Crippen LogP contribution in [0.4, 0.5) is 13.2 Å². The summed E-state index contributed by atoms with van der Waals surface area (Å²) in [7, 11) is 0. The topological polar surface area (TPSA) is 44.7 Å². The lowest BCUT2D eigenvalue weighted by molar-refractivity contribution is -0.137. The molecule has 1 fully saturated rings. The van der Waals surface area contributed by atoms with E-state index in [4.69, 9.17) is 4.74 Å². The van der Waals surface area contributed by atoms with Crippen molar-refractivity contribution < 1.29 is 23.0 Å². The highest BCUT2D eigenvalue weighted by atomic mass is 19.4. The third kappa shape index (κ3) is 4.73. The Balaban J connectivity index is 1.93. The van der Waals surface area contributed by atoms with E-state index in [9.17, 15) is 18.3 Å². The van der Waals surface area contributed by atoms with Gasteiger partial charge in [-0.2, -0.15) is 13.2 Å². The molecule has 1 aromatic carbocycles. The van der Waals surface area contributed by atoms with Crippen LogP contribution in [-0.2, 0) is 10.9 Å². The van der Waals surface area contributed by atoms with Crippen LogP contribution in [0.3, 0.4) is 0 Å². The number of rotatable bonds is 4. The van der Waals surface area contributed by atoms with E-state index in [-0.39, 0.29) is 11.3 Å². The standard InChI is InChI=1S/C14H17F3N2O2/c15-14(16,17)12-3-4-13(20)11(10-12)2-1-5-18-19-6-8-21-9-7-19/h1-4,10,18,20H,5-9H2. The fourth-order valence-corrected chi connectivity index (χ4v) is 1.95. The molecule has 0 aromatic heterocycles. The lowest BCUT2D eigenvalue weighted by atomic mass is 10.1. The van der Waals surface area contributed by atoms with Gasteiger partial charge >= 0.3 is 6.18 Å². The van der Waals surface area contributed by atoms with Crippen LogP contribution in [0, 0.1) is 0 Å². The highest BCUT2D eigenvalue weighted by Crippen LogP contribution is 2.32. The molecule has 116 valence electrons. The summed E-state index contributed by atoms with van der Waals surface area (Å²) in [5.41, 5.74) is 2.49. The zero-order valence-corrected chi connectivity index (χ0v) is 11.4. The number of halogens is 3. The fraction of sp³-hybridized carbons (Fsp3) is 0.429. The van der Waals surface area contributed by atoms with Gasteiger partial charge in [-0.3, -0.25) is 5.43 Å². The second kappa shape index (κ2) is 6.93. The van der Waals surface area contributed by atoms with Crippen LogP contribution in [0.2, 0.25) is 0 Å². The molecule has 1 aliphatic rings. The maximum atomic E-state index is 12.6. The maximum absolute atomic E-state index is 12.6. The van der Waals surface area contributed by atoms with Crippen molar-refractivity contribution in [3.05, 3.63) is 35.4 Å². The number of hydrogen-bond acceptors (Lipinski definition) is 4. The minimum atomic E-state index is -4.41. The number of phenols is 1. The van der Waals surface area contributed by atoms with Crippen molar-refractivity contribution in [2.24, 2.45) is 0 Å². The number of hydrazine groups is 1. The Hall–Kier alpha value is -1.57. The van der Waals surface area contributed by atoms with Crippen LogP contribution >= 0.6 is 0 Å². The van der Waals surface area contributed by atoms with E-state index in [1.54, 1.807) is 6.08 Å². The molecule has 4 nitrogen and oxygen atoms in total. The van der Waals surface area contributed by atoms with E-state index in [0.29, 0.717) is 19.8 Å².